The van der Waals surface area contributed by atoms with Gasteiger partial charge >= 0.3 is 0 Å². The first-order valence-corrected chi connectivity index (χ1v) is 8.29. The minimum atomic E-state index is 0. The van der Waals surface area contributed by atoms with Crippen molar-refractivity contribution in [3.63, 3.8) is 0 Å². The number of nitrogens with zero attached hydrogens (tertiary/aromatic N) is 3. The molecular formula is C16H31IN4O2. The molecule has 0 bridgehead atoms. The third-order valence-corrected chi connectivity index (χ3v) is 4.85. The summed E-state index contributed by atoms with van der Waals surface area (Å²) in [5.74, 6) is 0.886. The largest absolute Gasteiger partial charge is 0.383 e. The first-order valence-electron chi connectivity index (χ1n) is 8.29. The molecule has 0 aromatic carbocycles. The van der Waals surface area contributed by atoms with Crippen LogP contribution in [0, 0.1) is 5.41 Å². The molecule has 0 aromatic heterocycles. The van der Waals surface area contributed by atoms with Crippen LogP contribution in [0.4, 0.5) is 0 Å². The topological polar surface area (TPSA) is 57.2 Å². The molecule has 1 amide bonds. The van der Waals surface area contributed by atoms with E-state index in [-0.39, 0.29) is 36.4 Å². The van der Waals surface area contributed by atoms with E-state index < -0.39 is 0 Å². The molecule has 23 heavy (non-hydrogen) atoms. The van der Waals surface area contributed by atoms with Crippen molar-refractivity contribution in [3.05, 3.63) is 0 Å². The molecule has 0 unspecified atom stereocenters. The van der Waals surface area contributed by atoms with Crippen LogP contribution in [0.15, 0.2) is 4.99 Å². The Balaban J connectivity index is 0.00000264. The molecule has 2 aliphatic rings. The fourth-order valence-electron chi connectivity index (χ4n) is 3.47. The molecule has 1 spiro atoms. The van der Waals surface area contributed by atoms with E-state index in [0.717, 1.165) is 25.6 Å². The number of aliphatic imine (C=N–C) groups is 1. The van der Waals surface area contributed by atoms with Crippen molar-refractivity contribution in [1.29, 1.82) is 0 Å². The van der Waals surface area contributed by atoms with Crippen molar-refractivity contribution in [2.24, 2.45) is 10.4 Å². The summed E-state index contributed by atoms with van der Waals surface area (Å²) < 4.78 is 5.10. The van der Waals surface area contributed by atoms with Gasteiger partial charge in [0.15, 0.2) is 5.96 Å². The molecule has 7 heteroatoms. The van der Waals surface area contributed by atoms with Crippen molar-refractivity contribution >= 4 is 35.8 Å². The number of hydrogen-bond acceptors (Lipinski definition) is 3. The molecule has 6 nitrogen and oxygen atoms in total. The number of amides is 1. The van der Waals surface area contributed by atoms with Crippen molar-refractivity contribution in [3.8, 4) is 0 Å². The van der Waals surface area contributed by atoms with E-state index >= 15 is 0 Å². The molecule has 1 aliphatic heterocycles. The van der Waals surface area contributed by atoms with Gasteiger partial charge in [0.05, 0.1) is 6.61 Å². The second kappa shape index (κ2) is 9.66. The van der Waals surface area contributed by atoms with Gasteiger partial charge in [-0.15, -0.1) is 24.0 Å². The van der Waals surface area contributed by atoms with Gasteiger partial charge in [-0.1, -0.05) is 12.8 Å². The van der Waals surface area contributed by atoms with Crippen LogP contribution in [0.5, 0.6) is 0 Å². The van der Waals surface area contributed by atoms with E-state index in [9.17, 15) is 4.79 Å². The number of likely N-dealkylation sites (N-methyl/N-ethyl adjacent to an activating group) is 1. The molecule has 1 aliphatic carbocycles. The minimum Gasteiger partial charge on any atom is -0.383 e. The van der Waals surface area contributed by atoms with Crippen LogP contribution >= 0.6 is 24.0 Å². The van der Waals surface area contributed by atoms with E-state index in [0.29, 0.717) is 12.0 Å². The predicted octanol–water partition coefficient (Wildman–Crippen LogP) is 1.55. The van der Waals surface area contributed by atoms with Crippen LogP contribution in [-0.4, -0.2) is 75.7 Å². The normalized spacial score (nSPS) is 19.8. The maximum atomic E-state index is 11.8. The molecule has 1 saturated carbocycles. The SMILES string of the molecule is COCCNC(=NCC(=O)N(C)C)N1CCC2(CCCC2)C1.I. The van der Waals surface area contributed by atoms with E-state index in [1.807, 2.05) is 0 Å². The average Bonchev–Trinajstić information content (AvgIpc) is 3.13. The molecule has 1 heterocycles. The van der Waals surface area contributed by atoms with Gasteiger partial charge in [-0.25, -0.2) is 4.99 Å². The first-order chi connectivity index (χ1) is 10.6. The van der Waals surface area contributed by atoms with Crippen molar-refractivity contribution in [2.75, 3.05) is 54.0 Å². The smallest absolute Gasteiger partial charge is 0.243 e. The van der Waals surface area contributed by atoms with E-state index in [2.05, 4.69) is 15.2 Å². The fraction of sp³-hybridized carbons (Fsp3) is 0.875. The molecule has 0 atom stereocenters. The zero-order valence-electron chi connectivity index (χ0n) is 14.6. The van der Waals surface area contributed by atoms with Gasteiger partial charge in [-0.05, 0) is 24.7 Å². The van der Waals surface area contributed by atoms with Gasteiger partial charge in [-0.2, -0.15) is 0 Å². The lowest BCUT2D eigenvalue weighted by Gasteiger charge is -2.26. The second-order valence-electron chi connectivity index (χ2n) is 6.73. The lowest BCUT2D eigenvalue weighted by molar-refractivity contribution is -0.127. The van der Waals surface area contributed by atoms with Crippen LogP contribution in [0.3, 0.4) is 0 Å². The highest BCUT2D eigenvalue weighted by molar-refractivity contribution is 14.0. The van der Waals surface area contributed by atoms with Crippen LogP contribution in [0.25, 0.3) is 0 Å². The number of likely N-dealkylation sites (tertiary alicyclic amines) is 1. The minimum absolute atomic E-state index is 0. The Hall–Kier alpha value is -0.570. The van der Waals surface area contributed by atoms with Crippen molar-refractivity contribution < 1.29 is 9.53 Å². The Morgan fingerprint density at radius 1 is 1.30 bits per heavy atom. The van der Waals surface area contributed by atoms with Crippen LogP contribution in [0.1, 0.15) is 32.1 Å². The zero-order valence-corrected chi connectivity index (χ0v) is 17.0. The predicted molar refractivity (Wildman–Crippen MR) is 103 cm³/mol. The molecule has 134 valence electrons. The lowest BCUT2D eigenvalue weighted by Crippen LogP contribution is -2.43. The Morgan fingerprint density at radius 2 is 2.00 bits per heavy atom. The summed E-state index contributed by atoms with van der Waals surface area (Å²) in [4.78, 5) is 20.2. The summed E-state index contributed by atoms with van der Waals surface area (Å²) >= 11 is 0. The summed E-state index contributed by atoms with van der Waals surface area (Å²) in [6, 6.07) is 0. The third kappa shape index (κ3) is 5.77. The number of hydrogen-bond donors (Lipinski definition) is 1. The standard InChI is InChI=1S/C16H30N4O2.HI/c1-19(2)14(21)12-18-15(17-9-11-22-3)20-10-8-16(13-20)6-4-5-7-16;/h4-13H2,1-3H3,(H,17,18);1H. The van der Waals surface area contributed by atoms with Gasteiger partial charge < -0.3 is 19.9 Å². The van der Waals surface area contributed by atoms with Crippen LogP contribution < -0.4 is 5.32 Å². The number of rotatable bonds is 5. The Kier molecular flexibility index (Phi) is 8.60. The molecule has 0 radical (unpaired) electrons. The quantitative estimate of drug-likeness (QED) is 0.306. The number of carbonyl (C=O) groups is 1. The molecule has 1 saturated heterocycles. The summed E-state index contributed by atoms with van der Waals surface area (Å²) in [5, 5.41) is 3.34. The number of carbonyl (C=O) groups excluding carboxylic acids is 1. The highest BCUT2D eigenvalue weighted by atomic mass is 127. The van der Waals surface area contributed by atoms with Gasteiger partial charge in [0.25, 0.3) is 0 Å². The van der Waals surface area contributed by atoms with Crippen molar-refractivity contribution in [2.45, 2.75) is 32.1 Å². The molecule has 1 N–H and O–H groups in total. The monoisotopic (exact) mass is 438 g/mol. The van der Waals surface area contributed by atoms with Gasteiger partial charge in [0, 0.05) is 40.8 Å². The zero-order chi connectivity index (χ0) is 16.0. The summed E-state index contributed by atoms with van der Waals surface area (Å²) in [5.41, 5.74) is 0.495. The Morgan fingerprint density at radius 3 is 2.61 bits per heavy atom. The van der Waals surface area contributed by atoms with Crippen molar-refractivity contribution in [1.82, 2.24) is 15.1 Å². The van der Waals surface area contributed by atoms with Gasteiger partial charge in [-0.3, -0.25) is 4.79 Å². The summed E-state index contributed by atoms with van der Waals surface area (Å²) in [7, 11) is 5.22. The molecule has 2 fully saturated rings. The maximum absolute atomic E-state index is 11.8. The summed E-state index contributed by atoms with van der Waals surface area (Å²) in [6.07, 6.45) is 6.64. The average molecular weight is 438 g/mol. The molecular weight excluding hydrogens is 407 g/mol. The van der Waals surface area contributed by atoms with E-state index in [1.54, 1.807) is 26.1 Å². The Labute approximate surface area is 157 Å². The van der Waals surface area contributed by atoms with Crippen LogP contribution in [-0.2, 0) is 9.53 Å². The van der Waals surface area contributed by atoms with E-state index in [4.69, 9.17) is 4.74 Å². The highest BCUT2D eigenvalue weighted by Crippen LogP contribution is 2.45. The number of ether oxygens (including phenoxy) is 1. The van der Waals surface area contributed by atoms with Gasteiger partial charge in [0.2, 0.25) is 5.91 Å². The Bertz CT molecular complexity index is 409. The first kappa shape index (κ1) is 20.5. The highest BCUT2D eigenvalue weighted by Gasteiger charge is 2.41. The number of halogens is 1. The summed E-state index contributed by atoms with van der Waals surface area (Å²) in [6.45, 7) is 3.66. The maximum Gasteiger partial charge on any atom is 0.243 e. The second-order valence-corrected chi connectivity index (χ2v) is 6.73. The number of nitrogens with one attached hydrogen (secondary N) is 1. The fourth-order valence-corrected chi connectivity index (χ4v) is 3.47. The van der Waals surface area contributed by atoms with Gasteiger partial charge in [0.1, 0.15) is 6.54 Å². The third-order valence-electron chi connectivity index (χ3n) is 4.85. The molecule has 0 aromatic rings. The van der Waals surface area contributed by atoms with Crippen LogP contribution in [0.2, 0.25) is 0 Å². The molecule has 2 rings (SSSR count). The van der Waals surface area contributed by atoms with E-state index in [1.165, 1.54) is 32.1 Å². The lowest BCUT2D eigenvalue weighted by atomic mass is 9.86. The number of guanidine groups is 1. The number of methoxy groups -OCH3 is 1.